The summed E-state index contributed by atoms with van der Waals surface area (Å²) in [7, 11) is -5.94. The molecule has 0 aromatic carbocycles. The molecule has 0 aliphatic rings. The Balaban J connectivity index is -0.000000132. The predicted molar refractivity (Wildman–Crippen MR) is 177 cm³/mol. The van der Waals surface area contributed by atoms with Crippen molar-refractivity contribution >= 4 is 25.0 Å². The fourth-order valence-corrected chi connectivity index (χ4v) is 18.0. The van der Waals surface area contributed by atoms with Crippen LogP contribution in [0, 0.1) is 0 Å². The minimum absolute atomic E-state index is 0. The van der Waals surface area contributed by atoms with Gasteiger partial charge >= 0.3 is 0 Å². The summed E-state index contributed by atoms with van der Waals surface area (Å²) in [4.78, 5) is 31.1. The van der Waals surface area contributed by atoms with Gasteiger partial charge in [-0.2, -0.15) is 0 Å². The van der Waals surface area contributed by atoms with Crippen molar-refractivity contribution in [1.82, 2.24) is 0 Å². The second kappa shape index (κ2) is 22.0. The van der Waals surface area contributed by atoms with Crippen molar-refractivity contribution in [2.45, 2.75) is 194 Å². The van der Waals surface area contributed by atoms with E-state index in [-0.39, 0.29) is 31.9 Å². The molecule has 0 unspecified atom stereocenters. The van der Waals surface area contributed by atoms with Crippen LogP contribution in [0.5, 0.6) is 0 Å². The van der Waals surface area contributed by atoms with Crippen molar-refractivity contribution in [2.24, 2.45) is 0 Å². The van der Waals surface area contributed by atoms with Crippen molar-refractivity contribution in [3.8, 4) is 0 Å². The fourth-order valence-electron chi connectivity index (χ4n) is 6.00. The molecule has 0 heterocycles. The maximum absolute atomic E-state index is 10.4. The van der Waals surface area contributed by atoms with Crippen molar-refractivity contribution in [3.05, 3.63) is 0 Å². The third-order valence-corrected chi connectivity index (χ3v) is 25.0. The van der Waals surface area contributed by atoms with Gasteiger partial charge in [0.05, 0.1) is 0 Å². The molecule has 0 aromatic heterocycles. The molecule has 0 radical (unpaired) electrons. The maximum Gasteiger partial charge on any atom is 0.196 e. The number of aliphatic hydroxyl groups is 1. The van der Waals surface area contributed by atoms with Crippen LogP contribution in [0.4, 0.5) is 0 Å². The van der Waals surface area contributed by atoms with Gasteiger partial charge in [0.25, 0.3) is 0 Å². The molecular formula is C30H74HfO4Si3. The van der Waals surface area contributed by atoms with E-state index in [0.29, 0.717) is 49.9 Å². The van der Waals surface area contributed by atoms with E-state index < -0.39 is 25.0 Å². The summed E-state index contributed by atoms with van der Waals surface area (Å²) in [5, 5.41) is 8.06. The molecule has 0 spiro atoms. The fraction of sp³-hybridized carbons (Fsp3) is 1.00. The number of hydrogen-bond acceptors (Lipinski definition) is 4. The van der Waals surface area contributed by atoms with E-state index in [2.05, 4.69) is 125 Å². The van der Waals surface area contributed by atoms with Crippen LogP contribution >= 0.6 is 0 Å². The second-order valence-electron chi connectivity index (χ2n) is 14.1. The first-order valence-electron chi connectivity index (χ1n) is 15.1. The largest absolute Gasteiger partial charge is 0.431 e. The average Bonchev–Trinajstić information content (AvgIpc) is 2.70. The topological polar surface area (TPSA) is 80.9 Å². The van der Waals surface area contributed by atoms with Gasteiger partial charge < -0.3 is 19.5 Å². The Morgan fingerprint density at radius 2 is 0.342 bits per heavy atom. The van der Waals surface area contributed by atoms with Crippen LogP contribution in [0.3, 0.4) is 0 Å². The molecule has 234 valence electrons. The van der Waals surface area contributed by atoms with Crippen LogP contribution in [-0.2, 0) is 25.8 Å². The zero-order valence-electron chi connectivity index (χ0n) is 29.6. The van der Waals surface area contributed by atoms with Gasteiger partial charge in [-0.05, 0) is 63.7 Å². The molecule has 0 bridgehead atoms. The number of aliphatic hydroxyl groups excluding tert-OH is 1. The average molecular weight is 762 g/mol. The van der Waals surface area contributed by atoms with Crippen LogP contribution in [-0.4, -0.2) is 50.5 Å². The first-order valence-corrected chi connectivity index (χ1v) is 21.6. The summed E-state index contributed by atoms with van der Waals surface area (Å²) in [5.74, 6) is 0. The molecular weight excluding hydrogens is 687 g/mol. The van der Waals surface area contributed by atoms with Crippen LogP contribution in [0.2, 0.25) is 49.9 Å². The molecule has 4 nitrogen and oxygen atoms in total. The summed E-state index contributed by atoms with van der Waals surface area (Å²) >= 11 is 0. The number of rotatable bonds is 9. The van der Waals surface area contributed by atoms with Gasteiger partial charge in [-0.3, -0.25) is 0 Å². The van der Waals surface area contributed by atoms with Gasteiger partial charge in [0.1, 0.15) is 0 Å². The van der Waals surface area contributed by atoms with Crippen molar-refractivity contribution in [1.29, 1.82) is 0 Å². The second-order valence-corrected chi connectivity index (χ2v) is 29.9. The Morgan fingerprint density at radius 1 is 0.289 bits per heavy atom. The van der Waals surface area contributed by atoms with Gasteiger partial charge in [0.2, 0.25) is 0 Å². The van der Waals surface area contributed by atoms with Gasteiger partial charge in [-0.15, -0.1) is 0 Å². The molecule has 0 aliphatic heterocycles. The molecule has 38 heavy (non-hydrogen) atoms. The Hall–Kier alpha value is 1.36. The van der Waals surface area contributed by atoms with Gasteiger partial charge in [0, 0.05) is 31.9 Å². The molecule has 0 aliphatic carbocycles. The summed E-state index contributed by atoms with van der Waals surface area (Å²) in [5.41, 5.74) is 4.27. The molecule has 0 rings (SSSR count). The van der Waals surface area contributed by atoms with Crippen molar-refractivity contribution < 1.29 is 45.3 Å². The molecule has 0 amide bonds. The normalized spacial score (nSPS) is 12.8. The zero-order chi connectivity index (χ0) is 31.3. The predicted octanol–water partition coefficient (Wildman–Crippen LogP) is 9.85. The summed E-state index contributed by atoms with van der Waals surface area (Å²) in [6.07, 6.45) is -0.167. The standard InChI is InChI=1S/3C9H22OSi.C3H8O.Hf/c3*1-7(2)11(10,8(3)4)9(5)6;1-3(2)4;/h3*7-10H,1-6H3;3-4H,1-2H3;. The summed E-state index contributed by atoms with van der Waals surface area (Å²) in [6.45, 7) is 42.1. The first-order chi connectivity index (χ1) is 16.2. The molecule has 0 fully saturated rings. The quantitative estimate of drug-likeness (QED) is 0.177. The van der Waals surface area contributed by atoms with Crippen LogP contribution < -0.4 is 0 Å². The van der Waals surface area contributed by atoms with Crippen LogP contribution in [0.1, 0.15) is 138 Å². The first kappa shape index (κ1) is 49.1. The van der Waals surface area contributed by atoms with E-state index in [0.717, 1.165) is 0 Å². The van der Waals surface area contributed by atoms with Gasteiger partial charge in [-0.25, -0.2) is 0 Å². The van der Waals surface area contributed by atoms with Crippen molar-refractivity contribution in [3.63, 3.8) is 0 Å². The SMILES string of the molecule is CC(C)O.CC(C)[Si](O)(C(C)C)C(C)C.CC(C)[Si](O)(C(C)C)C(C)C.CC(C)[Si](O)(C(C)C)C(C)C.[Hf]. The van der Waals surface area contributed by atoms with E-state index in [9.17, 15) is 14.4 Å². The van der Waals surface area contributed by atoms with E-state index in [4.69, 9.17) is 5.11 Å². The molecule has 0 saturated heterocycles. The Kier molecular flexibility index (Phi) is 28.4. The van der Waals surface area contributed by atoms with Gasteiger partial charge in [-0.1, -0.05) is 125 Å². The summed E-state index contributed by atoms with van der Waals surface area (Å²) in [6, 6.07) is 0. The monoisotopic (exact) mass is 762 g/mol. The smallest absolute Gasteiger partial charge is 0.196 e. The molecule has 0 aromatic rings. The third kappa shape index (κ3) is 16.1. The minimum atomic E-state index is -1.98. The zero-order valence-corrected chi connectivity index (χ0v) is 36.2. The Labute approximate surface area is 263 Å². The van der Waals surface area contributed by atoms with E-state index in [1.807, 2.05) is 0 Å². The third-order valence-electron chi connectivity index (χ3n) is 8.32. The van der Waals surface area contributed by atoms with E-state index >= 15 is 0 Å². The van der Waals surface area contributed by atoms with E-state index in [1.165, 1.54) is 0 Å². The molecule has 4 N–H and O–H groups in total. The van der Waals surface area contributed by atoms with Gasteiger partial charge in [0.15, 0.2) is 25.0 Å². The molecule has 0 saturated carbocycles. The van der Waals surface area contributed by atoms with Crippen molar-refractivity contribution in [2.75, 3.05) is 0 Å². The van der Waals surface area contributed by atoms with Crippen LogP contribution in [0.25, 0.3) is 0 Å². The summed E-state index contributed by atoms with van der Waals surface area (Å²) < 4.78 is 0. The van der Waals surface area contributed by atoms with E-state index in [1.54, 1.807) is 13.8 Å². The maximum atomic E-state index is 10.4. The van der Waals surface area contributed by atoms with Crippen LogP contribution in [0.15, 0.2) is 0 Å². The number of hydrogen-bond donors (Lipinski definition) is 4. The Morgan fingerprint density at radius 3 is 0.342 bits per heavy atom. The molecule has 0 atom stereocenters. The molecule has 8 heteroatoms. The minimum Gasteiger partial charge on any atom is -0.431 e. The Bertz CT molecular complexity index is 410.